The van der Waals surface area contributed by atoms with Crippen molar-refractivity contribution in [2.75, 3.05) is 6.54 Å². The SMILES string of the molecule is Cc1nc2scc(C)n2c1CNCCc1ccco1. The minimum Gasteiger partial charge on any atom is -0.469 e. The molecule has 0 aliphatic rings. The molecule has 3 heterocycles. The predicted octanol–water partition coefficient (Wildman–Crippen LogP) is 2.94. The smallest absolute Gasteiger partial charge is 0.194 e. The van der Waals surface area contributed by atoms with E-state index in [1.54, 1.807) is 17.6 Å². The molecule has 4 nitrogen and oxygen atoms in total. The second kappa shape index (κ2) is 5.19. The van der Waals surface area contributed by atoms with Crippen LogP contribution in [0.5, 0.6) is 0 Å². The Morgan fingerprint density at radius 1 is 1.42 bits per heavy atom. The van der Waals surface area contributed by atoms with Crippen molar-refractivity contribution in [1.29, 1.82) is 0 Å². The normalized spacial score (nSPS) is 11.5. The Bertz CT molecular complexity index is 666. The predicted molar refractivity (Wildman–Crippen MR) is 76.7 cm³/mol. The molecule has 0 saturated carbocycles. The van der Waals surface area contributed by atoms with Gasteiger partial charge >= 0.3 is 0 Å². The molecule has 5 heteroatoms. The third kappa shape index (κ3) is 2.43. The summed E-state index contributed by atoms with van der Waals surface area (Å²) in [6.07, 6.45) is 2.63. The van der Waals surface area contributed by atoms with Gasteiger partial charge in [0.25, 0.3) is 0 Å². The number of aromatic nitrogens is 2. The van der Waals surface area contributed by atoms with Gasteiger partial charge in [-0.1, -0.05) is 0 Å². The number of hydrogen-bond acceptors (Lipinski definition) is 4. The van der Waals surface area contributed by atoms with E-state index in [0.717, 1.165) is 35.9 Å². The molecule has 0 radical (unpaired) electrons. The molecule has 0 amide bonds. The number of aryl methyl sites for hydroxylation is 2. The number of nitrogens with one attached hydrogen (secondary N) is 1. The number of fused-ring (bicyclic) bond motifs is 1. The van der Waals surface area contributed by atoms with Gasteiger partial charge in [0.1, 0.15) is 5.76 Å². The summed E-state index contributed by atoms with van der Waals surface area (Å²) in [6.45, 7) is 5.94. The molecule has 3 aromatic rings. The highest BCUT2D eigenvalue weighted by molar-refractivity contribution is 7.15. The second-order valence-corrected chi connectivity index (χ2v) is 5.48. The van der Waals surface area contributed by atoms with Gasteiger partial charge in [-0.15, -0.1) is 11.3 Å². The zero-order chi connectivity index (χ0) is 13.2. The van der Waals surface area contributed by atoms with E-state index in [4.69, 9.17) is 4.42 Å². The summed E-state index contributed by atoms with van der Waals surface area (Å²) in [7, 11) is 0. The first-order valence-electron chi connectivity index (χ1n) is 6.41. The molecule has 3 aromatic heterocycles. The van der Waals surface area contributed by atoms with Crippen LogP contribution in [0.3, 0.4) is 0 Å². The van der Waals surface area contributed by atoms with Crippen LogP contribution in [-0.4, -0.2) is 15.9 Å². The lowest BCUT2D eigenvalue weighted by Crippen LogP contribution is -2.18. The lowest BCUT2D eigenvalue weighted by molar-refractivity contribution is 0.498. The molecule has 19 heavy (non-hydrogen) atoms. The maximum absolute atomic E-state index is 5.32. The fourth-order valence-corrected chi connectivity index (χ4v) is 3.18. The Balaban J connectivity index is 1.65. The number of imidazole rings is 1. The molecule has 0 aliphatic heterocycles. The number of furan rings is 1. The monoisotopic (exact) mass is 275 g/mol. The minimum absolute atomic E-state index is 0.839. The summed E-state index contributed by atoms with van der Waals surface area (Å²) in [6, 6.07) is 3.93. The van der Waals surface area contributed by atoms with Crippen LogP contribution in [0.4, 0.5) is 0 Å². The van der Waals surface area contributed by atoms with Gasteiger partial charge in [-0.2, -0.15) is 0 Å². The third-order valence-electron chi connectivity index (χ3n) is 3.25. The molecule has 0 aromatic carbocycles. The first-order valence-corrected chi connectivity index (χ1v) is 7.29. The second-order valence-electron chi connectivity index (χ2n) is 4.65. The van der Waals surface area contributed by atoms with Crippen LogP contribution in [0.15, 0.2) is 28.2 Å². The standard InChI is InChI=1S/C14H17N3OS/c1-10-9-19-14-16-11(2)13(17(10)14)8-15-6-5-12-4-3-7-18-12/h3-4,7,9,15H,5-6,8H2,1-2H3. The van der Waals surface area contributed by atoms with Gasteiger partial charge in [0.2, 0.25) is 0 Å². The Morgan fingerprint density at radius 3 is 3.11 bits per heavy atom. The number of hydrogen-bond donors (Lipinski definition) is 1. The van der Waals surface area contributed by atoms with Gasteiger partial charge in [-0.25, -0.2) is 4.98 Å². The Kier molecular flexibility index (Phi) is 3.40. The number of nitrogens with zero attached hydrogens (tertiary/aromatic N) is 2. The Hall–Kier alpha value is -1.59. The van der Waals surface area contributed by atoms with Crippen LogP contribution in [0.25, 0.3) is 4.96 Å². The molecule has 0 spiro atoms. The van der Waals surface area contributed by atoms with E-state index < -0.39 is 0 Å². The Morgan fingerprint density at radius 2 is 2.32 bits per heavy atom. The summed E-state index contributed by atoms with van der Waals surface area (Å²) in [5.41, 5.74) is 3.62. The van der Waals surface area contributed by atoms with Crippen LogP contribution < -0.4 is 5.32 Å². The lowest BCUT2D eigenvalue weighted by atomic mass is 10.3. The van der Waals surface area contributed by atoms with Crippen LogP contribution in [0.2, 0.25) is 0 Å². The maximum Gasteiger partial charge on any atom is 0.194 e. The quantitative estimate of drug-likeness (QED) is 0.728. The van der Waals surface area contributed by atoms with Gasteiger partial charge in [0.05, 0.1) is 17.7 Å². The highest BCUT2D eigenvalue weighted by Crippen LogP contribution is 2.20. The molecule has 0 aliphatic carbocycles. The van der Waals surface area contributed by atoms with Crippen molar-refractivity contribution in [2.45, 2.75) is 26.8 Å². The van der Waals surface area contributed by atoms with Crippen molar-refractivity contribution < 1.29 is 4.42 Å². The van der Waals surface area contributed by atoms with E-state index in [1.165, 1.54) is 11.4 Å². The fraction of sp³-hybridized carbons (Fsp3) is 0.357. The van der Waals surface area contributed by atoms with Crippen LogP contribution in [-0.2, 0) is 13.0 Å². The third-order valence-corrected chi connectivity index (χ3v) is 4.19. The zero-order valence-corrected chi connectivity index (χ0v) is 12.0. The van der Waals surface area contributed by atoms with Gasteiger partial charge in [-0.3, -0.25) is 4.40 Å². The van der Waals surface area contributed by atoms with E-state index in [0.29, 0.717) is 0 Å². The highest BCUT2D eigenvalue weighted by Gasteiger charge is 2.11. The molecule has 100 valence electrons. The average molecular weight is 275 g/mol. The van der Waals surface area contributed by atoms with Gasteiger partial charge in [-0.05, 0) is 26.0 Å². The average Bonchev–Trinajstić information content (AvgIpc) is 3.07. The number of thiazole rings is 1. The van der Waals surface area contributed by atoms with Gasteiger partial charge < -0.3 is 9.73 Å². The van der Waals surface area contributed by atoms with Crippen molar-refractivity contribution in [3.63, 3.8) is 0 Å². The van der Waals surface area contributed by atoms with Crippen LogP contribution in [0.1, 0.15) is 22.8 Å². The summed E-state index contributed by atoms with van der Waals surface area (Å²) < 4.78 is 7.55. The molecule has 1 N–H and O–H groups in total. The molecule has 0 atom stereocenters. The Labute approximate surface area is 116 Å². The van der Waals surface area contributed by atoms with Gasteiger partial charge in [0, 0.05) is 30.6 Å². The molecule has 0 unspecified atom stereocenters. The van der Waals surface area contributed by atoms with E-state index in [1.807, 2.05) is 12.1 Å². The molecular formula is C14H17N3OS. The largest absolute Gasteiger partial charge is 0.469 e. The fourth-order valence-electron chi connectivity index (χ4n) is 2.25. The molecule has 0 fully saturated rings. The highest BCUT2D eigenvalue weighted by atomic mass is 32.1. The maximum atomic E-state index is 5.32. The van der Waals surface area contributed by atoms with E-state index in [-0.39, 0.29) is 0 Å². The van der Waals surface area contributed by atoms with E-state index in [9.17, 15) is 0 Å². The molecular weight excluding hydrogens is 258 g/mol. The molecule has 3 rings (SSSR count). The van der Waals surface area contributed by atoms with Crippen molar-refractivity contribution in [3.05, 3.63) is 46.6 Å². The summed E-state index contributed by atoms with van der Waals surface area (Å²) in [5, 5.41) is 5.61. The van der Waals surface area contributed by atoms with Crippen molar-refractivity contribution >= 4 is 16.3 Å². The minimum atomic E-state index is 0.839. The van der Waals surface area contributed by atoms with E-state index >= 15 is 0 Å². The summed E-state index contributed by atoms with van der Waals surface area (Å²) >= 11 is 1.70. The molecule has 0 saturated heterocycles. The van der Waals surface area contributed by atoms with E-state index in [2.05, 4.69) is 33.9 Å². The zero-order valence-electron chi connectivity index (χ0n) is 11.1. The van der Waals surface area contributed by atoms with Crippen molar-refractivity contribution in [3.8, 4) is 0 Å². The van der Waals surface area contributed by atoms with Crippen molar-refractivity contribution in [1.82, 2.24) is 14.7 Å². The number of rotatable bonds is 5. The lowest BCUT2D eigenvalue weighted by Gasteiger charge is -2.05. The summed E-state index contributed by atoms with van der Waals surface area (Å²) in [5.74, 6) is 1.02. The topological polar surface area (TPSA) is 42.5 Å². The summed E-state index contributed by atoms with van der Waals surface area (Å²) in [4.78, 5) is 5.67. The van der Waals surface area contributed by atoms with Gasteiger partial charge in [0.15, 0.2) is 4.96 Å². The first-order chi connectivity index (χ1) is 9.25. The van der Waals surface area contributed by atoms with Crippen LogP contribution >= 0.6 is 11.3 Å². The first kappa shape index (κ1) is 12.4. The molecule has 0 bridgehead atoms. The van der Waals surface area contributed by atoms with Crippen molar-refractivity contribution in [2.24, 2.45) is 0 Å². The van der Waals surface area contributed by atoms with Crippen LogP contribution in [0, 0.1) is 13.8 Å².